The smallest absolute Gasteiger partial charge is 0.255 e. The standard InChI is InChI=1S/C18H18N4OS/c19-16-9-8-15(17(20)22-16)18(23)21-11-14-7-6-13(24-14)10-12-4-2-1-3-5-12/h1-9H,10-11H2,(H,21,23)(H4,19,20,22). The van der Waals surface area contributed by atoms with Crippen LogP contribution in [-0.4, -0.2) is 10.9 Å². The van der Waals surface area contributed by atoms with Crippen molar-refractivity contribution in [1.29, 1.82) is 0 Å². The van der Waals surface area contributed by atoms with Crippen LogP contribution in [0.5, 0.6) is 0 Å². The fraction of sp³-hybridized carbons (Fsp3) is 0.111. The molecule has 6 heteroatoms. The lowest BCUT2D eigenvalue weighted by Gasteiger charge is -2.06. The minimum atomic E-state index is -0.252. The SMILES string of the molecule is Nc1ccc(C(=O)NCc2ccc(Cc3ccccc3)s2)c(N)n1. The van der Waals surface area contributed by atoms with E-state index in [1.165, 1.54) is 10.4 Å². The van der Waals surface area contributed by atoms with Crippen molar-refractivity contribution < 1.29 is 4.79 Å². The van der Waals surface area contributed by atoms with E-state index in [1.807, 2.05) is 24.3 Å². The maximum Gasteiger partial charge on any atom is 0.255 e. The number of thiophene rings is 1. The normalized spacial score (nSPS) is 10.5. The number of benzene rings is 1. The maximum absolute atomic E-state index is 12.2. The Bertz CT molecular complexity index is 845. The number of hydrogen-bond donors (Lipinski definition) is 3. The van der Waals surface area contributed by atoms with Crippen LogP contribution in [-0.2, 0) is 13.0 Å². The second kappa shape index (κ2) is 7.14. The summed E-state index contributed by atoms with van der Waals surface area (Å²) in [6, 6.07) is 17.6. The highest BCUT2D eigenvalue weighted by Gasteiger charge is 2.11. The summed E-state index contributed by atoms with van der Waals surface area (Å²) in [4.78, 5) is 18.4. The number of carbonyl (C=O) groups excluding carboxylic acids is 1. The van der Waals surface area contributed by atoms with Gasteiger partial charge in [0.05, 0.1) is 12.1 Å². The van der Waals surface area contributed by atoms with E-state index in [0.717, 1.165) is 11.3 Å². The molecule has 0 aliphatic carbocycles. The lowest BCUT2D eigenvalue weighted by atomic mass is 10.1. The summed E-state index contributed by atoms with van der Waals surface area (Å²) in [5.74, 6) is 0.189. The van der Waals surface area contributed by atoms with Gasteiger partial charge < -0.3 is 16.8 Å². The number of carbonyl (C=O) groups is 1. The first-order chi connectivity index (χ1) is 11.6. The Kier molecular flexibility index (Phi) is 4.77. The second-order valence-corrected chi connectivity index (χ2v) is 6.63. The molecule has 0 spiro atoms. The molecule has 0 atom stereocenters. The van der Waals surface area contributed by atoms with E-state index in [1.54, 1.807) is 23.5 Å². The Labute approximate surface area is 144 Å². The van der Waals surface area contributed by atoms with Gasteiger partial charge in [0, 0.05) is 16.2 Å². The van der Waals surface area contributed by atoms with Crippen LogP contribution in [0.1, 0.15) is 25.7 Å². The zero-order valence-corrected chi connectivity index (χ0v) is 13.8. The highest BCUT2D eigenvalue weighted by molar-refractivity contribution is 7.12. The maximum atomic E-state index is 12.2. The number of anilines is 2. The summed E-state index contributed by atoms with van der Waals surface area (Å²) in [7, 11) is 0. The molecule has 1 aromatic carbocycles. The highest BCUT2D eigenvalue weighted by atomic mass is 32.1. The van der Waals surface area contributed by atoms with Crippen LogP contribution in [0.4, 0.5) is 11.6 Å². The Balaban J connectivity index is 1.60. The molecular formula is C18H18N4OS. The first kappa shape index (κ1) is 16.0. The average Bonchev–Trinajstić information content (AvgIpc) is 3.01. The van der Waals surface area contributed by atoms with Gasteiger partial charge in [0.25, 0.3) is 5.91 Å². The number of aromatic nitrogens is 1. The lowest BCUT2D eigenvalue weighted by Crippen LogP contribution is -2.23. The molecule has 0 bridgehead atoms. The van der Waals surface area contributed by atoms with Crippen molar-refractivity contribution in [2.24, 2.45) is 0 Å². The van der Waals surface area contributed by atoms with Gasteiger partial charge in [-0.2, -0.15) is 0 Å². The van der Waals surface area contributed by atoms with E-state index in [2.05, 4.69) is 28.5 Å². The van der Waals surface area contributed by atoms with Gasteiger partial charge in [-0.05, 0) is 29.8 Å². The zero-order chi connectivity index (χ0) is 16.9. The Morgan fingerprint density at radius 2 is 1.75 bits per heavy atom. The predicted molar refractivity (Wildman–Crippen MR) is 97.8 cm³/mol. The number of nitrogens with one attached hydrogen (secondary N) is 1. The number of rotatable bonds is 5. The van der Waals surface area contributed by atoms with Gasteiger partial charge >= 0.3 is 0 Å². The van der Waals surface area contributed by atoms with Crippen molar-refractivity contribution in [2.75, 3.05) is 11.5 Å². The molecule has 3 aromatic rings. The first-order valence-electron chi connectivity index (χ1n) is 7.53. The number of hydrogen-bond acceptors (Lipinski definition) is 5. The molecule has 2 aromatic heterocycles. The van der Waals surface area contributed by atoms with Gasteiger partial charge in [-0.15, -0.1) is 11.3 Å². The second-order valence-electron chi connectivity index (χ2n) is 5.38. The molecule has 0 radical (unpaired) electrons. The van der Waals surface area contributed by atoms with Crippen LogP contribution < -0.4 is 16.8 Å². The minimum Gasteiger partial charge on any atom is -0.384 e. The zero-order valence-electron chi connectivity index (χ0n) is 13.0. The largest absolute Gasteiger partial charge is 0.384 e. The van der Waals surface area contributed by atoms with E-state index in [4.69, 9.17) is 11.5 Å². The fourth-order valence-electron chi connectivity index (χ4n) is 2.35. The molecule has 0 unspecified atom stereocenters. The van der Waals surface area contributed by atoms with Crippen LogP contribution in [0.3, 0.4) is 0 Å². The van der Waals surface area contributed by atoms with Crippen molar-refractivity contribution >= 4 is 28.9 Å². The predicted octanol–water partition coefficient (Wildman–Crippen LogP) is 2.83. The summed E-state index contributed by atoms with van der Waals surface area (Å²) in [6.45, 7) is 0.460. The summed E-state index contributed by atoms with van der Waals surface area (Å²) in [6.07, 6.45) is 0.897. The monoisotopic (exact) mass is 338 g/mol. The number of nitrogens with zero attached hydrogens (tertiary/aromatic N) is 1. The van der Waals surface area contributed by atoms with Crippen LogP contribution in [0.2, 0.25) is 0 Å². The molecule has 1 amide bonds. The topological polar surface area (TPSA) is 94.0 Å². The van der Waals surface area contributed by atoms with Crippen molar-refractivity contribution in [1.82, 2.24) is 10.3 Å². The van der Waals surface area contributed by atoms with E-state index < -0.39 is 0 Å². The Morgan fingerprint density at radius 1 is 1.00 bits per heavy atom. The molecule has 0 saturated heterocycles. The van der Waals surface area contributed by atoms with Crippen molar-refractivity contribution in [3.8, 4) is 0 Å². The third-order valence-electron chi connectivity index (χ3n) is 3.55. The molecule has 0 aliphatic rings. The van der Waals surface area contributed by atoms with Gasteiger partial charge in [-0.3, -0.25) is 4.79 Å². The Hall–Kier alpha value is -2.86. The summed E-state index contributed by atoms with van der Waals surface area (Å²) >= 11 is 1.69. The van der Waals surface area contributed by atoms with Gasteiger partial charge in [-0.1, -0.05) is 30.3 Å². The Morgan fingerprint density at radius 3 is 2.50 bits per heavy atom. The average molecular weight is 338 g/mol. The highest BCUT2D eigenvalue weighted by Crippen LogP contribution is 2.20. The summed E-state index contributed by atoms with van der Waals surface area (Å²) in [5.41, 5.74) is 12.9. The molecule has 5 nitrogen and oxygen atoms in total. The quantitative estimate of drug-likeness (QED) is 0.667. The van der Waals surface area contributed by atoms with Gasteiger partial charge in [0.15, 0.2) is 0 Å². The minimum absolute atomic E-state index is 0.142. The fourth-order valence-corrected chi connectivity index (χ4v) is 3.35. The van der Waals surface area contributed by atoms with Crippen LogP contribution in [0.25, 0.3) is 0 Å². The molecular weight excluding hydrogens is 320 g/mol. The number of nitrogens with two attached hydrogens (primary N) is 2. The van der Waals surface area contributed by atoms with Gasteiger partial charge in [-0.25, -0.2) is 4.98 Å². The van der Waals surface area contributed by atoms with Crippen LogP contribution in [0.15, 0.2) is 54.6 Å². The number of nitrogen functional groups attached to an aromatic ring is 2. The third-order valence-corrected chi connectivity index (χ3v) is 4.64. The number of amides is 1. The first-order valence-corrected chi connectivity index (χ1v) is 8.35. The van der Waals surface area contributed by atoms with E-state index in [0.29, 0.717) is 17.9 Å². The van der Waals surface area contributed by atoms with Gasteiger partial charge in [0.2, 0.25) is 0 Å². The molecule has 2 heterocycles. The summed E-state index contributed by atoms with van der Waals surface area (Å²) in [5, 5.41) is 2.86. The molecule has 122 valence electrons. The van der Waals surface area contributed by atoms with E-state index in [9.17, 15) is 4.79 Å². The third kappa shape index (κ3) is 3.91. The molecule has 3 rings (SSSR count). The molecule has 24 heavy (non-hydrogen) atoms. The number of pyridine rings is 1. The molecule has 0 aliphatic heterocycles. The molecule has 0 saturated carbocycles. The van der Waals surface area contributed by atoms with Crippen LogP contribution >= 0.6 is 11.3 Å². The van der Waals surface area contributed by atoms with Crippen LogP contribution in [0, 0.1) is 0 Å². The van der Waals surface area contributed by atoms with Crippen molar-refractivity contribution in [3.63, 3.8) is 0 Å². The van der Waals surface area contributed by atoms with E-state index >= 15 is 0 Å². The summed E-state index contributed by atoms with van der Waals surface area (Å²) < 4.78 is 0. The lowest BCUT2D eigenvalue weighted by molar-refractivity contribution is 0.0952. The van der Waals surface area contributed by atoms with Crippen molar-refractivity contribution in [2.45, 2.75) is 13.0 Å². The van der Waals surface area contributed by atoms with Gasteiger partial charge in [0.1, 0.15) is 11.6 Å². The van der Waals surface area contributed by atoms with E-state index in [-0.39, 0.29) is 11.7 Å². The van der Waals surface area contributed by atoms with Crippen molar-refractivity contribution in [3.05, 3.63) is 75.5 Å². The molecule has 0 fully saturated rings. The molecule has 5 N–H and O–H groups in total.